The van der Waals surface area contributed by atoms with E-state index in [2.05, 4.69) is 111 Å². The number of benzene rings is 4. The molecule has 0 saturated heterocycles. The first-order valence-corrected chi connectivity index (χ1v) is 34.1. The third-order valence-corrected chi connectivity index (χ3v) is 20.6. The number of rotatable bonds is 32. The molecule has 4 aromatic rings. The predicted molar refractivity (Wildman–Crippen MR) is 325 cm³/mol. The highest BCUT2D eigenvalue weighted by Crippen LogP contribution is 2.57. The quantitative estimate of drug-likeness (QED) is 0.0361. The zero-order valence-corrected chi connectivity index (χ0v) is 49.6. The van der Waals surface area contributed by atoms with Gasteiger partial charge in [-0.25, -0.2) is 0 Å². The van der Waals surface area contributed by atoms with E-state index in [9.17, 15) is 0 Å². The van der Waals surface area contributed by atoms with Gasteiger partial charge in [-0.1, -0.05) is 291 Å². The van der Waals surface area contributed by atoms with E-state index in [0.29, 0.717) is 23.7 Å². The second-order valence-corrected chi connectivity index (χ2v) is 25.9. The fourth-order valence-electron chi connectivity index (χ4n) is 15.4. The molecule has 4 fully saturated rings. The molecular formula is C72H107O3P. The van der Waals surface area contributed by atoms with Crippen molar-refractivity contribution in [2.45, 2.75) is 306 Å². The molecule has 4 aromatic carbocycles. The monoisotopic (exact) mass is 1050 g/mol. The van der Waals surface area contributed by atoms with Gasteiger partial charge in [0.25, 0.3) is 0 Å². The third-order valence-electron chi connectivity index (χ3n) is 19.5. The summed E-state index contributed by atoms with van der Waals surface area (Å²) in [7, 11) is -3.24. The summed E-state index contributed by atoms with van der Waals surface area (Å²) in [6.07, 6.45) is 49.4. The summed E-state index contributed by atoms with van der Waals surface area (Å²) in [5.41, 5.74) is 8.93. The van der Waals surface area contributed by atoms with Crippen LogP contribution < -0.4 is 0 Å². The Labute approximate surface area is 466 Å². The Morgan fingerprint density at radius 2 is 0.553 bits per heavy atom. The van der Waals surface area contributed by atoms with Crippen LogP contribution in [-0.4, -0.2) is 0 Å². The van der Waals surface area contributed by atoms with E-state index in [-0.39, 0.29) is 0 Å². The lowest BCUT2D eigenvalue weighted by Crippen LogP contribution is -2.36. The lowest BCUT2D eigenvalue weighted by molar-refractivity contribution is 0.0313. The molecule has 8 rings (SSSR count). The van der Waals surface area contributed by atoms with Crippen LogP contribution in [0.1, 0.15) is 339 Å². The molecule has 418 valence electrons. The highest BCUT2D eigenvalue weighted by atomic mass is 31.1. The summed E-state index contributed by atoms with van der Waals surface area (Å²) < 4.78 is 32.8. The molecule has 0 amide bonds. The molecule has 3 nitrogen and oxygen atoms in total. The maximum atomic E-state index is 16.8. The summed E-state index contributed by atoms with van der Waals surface area (Å²) in [6, 6.07) is 37.6. The lowest BCUT2D eigenvalue weighted by Gasteiger charge is -2.43. The van der Waals surface area contributed by atoms with Crippen molar-refractivity contribution in [2.24, 2.45) is 0 Å². The molecule has 0 heterocycles. The summed E-state index contributed by atoms with van der Waals surface area (Å²) in [5.74, 6) is 1.88. The van der Waals surface area contributed by atoms with Gasteiger partial charge in [0, 0.05) is 0 Å². The van der Waals surface area contributed by atoms with Crippen LogP contribution in [0.15, 0.2) is 97.1 Å². The Balaban J connectivity index is 1.27. The van der Waals surface area contributed by atoms with Gasteiger partial charge in [0.15, 0.2) is 0 Å². The smallest absolute Gasteiger partial charge is 0.294 e. The van der Waals surface area contributed by atoms with E-state index in [4.69, 9.17) is 9.05 Å². The highest BCUT2D eigenvalue weighted by Gasteiger charge is 2.47. The van der Waals surface area contributed by atoms with E-state index in [1.165, 1.54) is 263 Å². The fraction of sp³-hybridized carbons (Fsp3) is 0.667. The van der Waals surface area contributed by atoms with Gasteiger partial charge >= 0.3 is 8.25 Å². The van der Waals surface area contributed by atoms with Crippen LogP contribution in [0.25, 0.3) is 0 Å². The Bertz CT molecular complexity index is 1970. The largest absolute Gasteiger partial charge is 0.321 e. The van der Waals surface area contributed by atoms with Crippen molar-refractivity contribution in [1.29, 1.82) is 0 Å². The Kier molecular flexibility index (Phi) is 25.2. The number of unbranched alkanes of at least 4 members (excludes halogenated alkanes) is 16. The van der Waals surface area contributed by atoms with Crippen molar-refractivity contribution in [1.82, 2.24) is 0 Å². The average Bonchev–Trinajstić information content (AvgIpc) is 3.49. The van der Waals surface area contributed by atoms with Crippen LogP contribution >= 0.6 is 8.25 Å². The normalized spacial score (nSPS) is 17.9. The molecule has 0 N–H and O–H groups in total. The summed E-state index contributed by atoms with van der Waals surface area (Å²) in [6.45, 7) is 4.63. The Morgan fingerprint density at radius 1 is 0.329 bits per heavy atom. The van der Waals surface area contributed by atoms with Crippen LogP contribution in [0.3, 0.4) is 0 Å². The van der Waals surface area contributed by atoms with Gasteiger partial charge in [0.05, 0.1) is 0 Å². The van der Waals surface area contributed by atoms with Gasteiger partial charge in [0.2, 0.25) is 0 Å². The van der Waals surface area contributed by atoms with Crippen molar-refractivity contribution in [3.63, 3.8) is 0 Å². The summed E-state index contributed by atoms with van der Waals surface area (Å²) in [5, 5.41) is 0. The predicted octanol–water partition coefficient (Wildman–Crippen LogP) is 23.3. The van der Waals surface area contributed by atoms with Crippen molar-refractivity contribution in [2.75, 3.05) is 0 Å². The zero-order chi connectivity index (χ0) is 52.5. The average molecular weight is 1050 g/mol. The van der Waals surface area contributed by atoms with Crippen LogP contribution in [0.4, 0.5) is 0 Å². The molecule has 0 unspecified atom stereocenters. The minimum Gasteiger partial charge on any atom is -0.294 e. The van der Waals surface area contributed by atoms with E-state index < -0.39 is 19.5 Å². The van der Waals surface area contributed by atoms with Crippen molar-refractivity contribution in [3.8, 4) is 0 Å². The van der Waals surface area contributed by atoms with Crippen molar-refractivity contribution >= 4 is 8.25 Å². The van der Waals surface area contributed by atoms with Crippen molar-refractivity contribution < 1.29 is 13.6 Å². The maximum Gasteiger partial charge on any atom is 0.321 e. The van der Waals surface area contributed by atoms with Crippen LogP contribution in [-0.2, 0) is 24.8 Å². The zero-order valence-electron chi connectivity index (χ0n) is 48.6. The summed E-state index contributed by atoms with van der Waals surface area (Å²) >= 11 is 0. The highest BCUT2D eigenvalue weighted by molar-refractivity contribution is 7.33. The van der Waals surface area contributed by atoms with Gasteiger partial charge in [-0.05, 0) is 145 Å². The third kappa shape index (κ3) is 16.1. The van der Waals surface area contributed by atoms with Crippen molar-refractivity contribution in [3.05, 3.63) is 142 Å². The Hall–Kier alpha value is -2.97. The number of hydrogen-bond donors (Lipinski definition) is 0. The van der Waals surface area contributed by atoms with E-state index >= 15 is 4.57 Å². The molecule has 0 radical (unpaired) electrons. The molecule has 0 bridgehead atoms. The molecule has 0 atom stereocenters. The minimum absolute atomic E-state index is 0.469. The Morgan fingerprint density at radius 3 is 0.803 bits per heavy atom. The molecular weight excluding hydrogens is 944 g/mol. The van der Waals surface area contributed by atoms with Gasteiger partial charge in [-0.3, -0.25) is 13.6 Å². The van der Waals surface area contributed by atoms with Gasteiger partial charge in [-0.15, -0.1) is 0 Å². The van der Waals surface area contributed by atoms with Crippen LogP contribution in [0.5, 0.6) is 0 Å². The van der Waals surface area contributed by atoms with E-state index in [1.807, 2.05) is 0 Å². The van der Waals surface area contributed by atoms with Crippen LogP contribution in [0, 0.1) is 0 Å². The standard InChI is InChI=1S/C72H107O3P/c1-3-5-7-9-11-13-15-17-39-57-71(67-53-35-31-49-63(67)59-41-23-19-24-42-59,68-54-36-32-50-64(68)60-43-25-20-26-44-60)74-76(73)75-72(58-40-18-16-14-12-10-8-6-4-2,69-55-37-33-51-65(69)61-45-27-21-28-46-61)70-56-38-34-52-66(70)62-47-29-22-30-48-62/h31-38,49-56,59-62,76H,3-30,39-48,57-58H2,1-2H3. The molecule has 0 aliphatic heterocycles. The first kappa shape index (κ1) is 59.2. The van der Waals surface area contributed by atoms with E-state index in [1.54, 1.807) is 0 Å². The summed E-state index contributed by atoms with van der Waals surface area (Å²) in [4.78, 5) is 0. The fourth-order valence-corrected chi connectivity index (χ4v) is 16.6. The first-order valence-electron chi connectivity index (χ1n) is 32.9. The molecule has 0 aromatic heterocycles. The first-order chi connectivity index (χ1) is 37.6. The molecule has 0 spiro atoms. The molecule has 4 aliphatic rings. The van der Waals surface area contributed by atoms with Gasteiger partial charge in [0.1, 0.15) is 11.2 Å². The molecule has 4 saturated carbocycles. The molecule has 4 aliphatic carbocycles. The molecule has 76 heavy (non-hydrogen) atoms. The maximum absolute atomic E-state index is 16.8. The van der Waals surface area contributed by atoms with Gasteiger partial charge in [-0.2, -0.15) is 0 Å². The van der Waals surface area contributed by atoms with E-state index in [0.717, 1.165) is 38.5 Å². The van der Waals surface area contributed by atoms with Crippen LogP contribution in [0.2, 0.25) is 0 Å². The topological polar surface area (TPSA) is 35.5 Å². The van der Waals surface area contributed by atoms with Gasteiger partial charge < -0.3 is 0 Å². The molecule has 4 heteroatoms. The minimum atomic E-state index is -3.24. The SMILES string of the molecule is CCCCCCCCCCCC(O[PH](=O)OC(CCCCCCCCCCC)(c1ccccc1C1CCCCC1)c1ccccc1C1CCCCC1)(c1ccccc1C1CCCCC1)c1ccccc1C1CCCCC1. The lowest BCUT2D eigenvalue weighted by atomic mass is 9.71. The number of hydrogen-bond acceptors (Lipinski definition) is 3. The second-order valence-electron chi connectivity index (χ2n) is 25.0. The second kappa shape index (κ2) is 32.3.